The molecule has 2 aromatic rings. The maximum Gasteiger partial charge on any atom is 0.280 e. The highest BCUT2D eigenvalue weighted by atomic mass is 32.1. The van der Waals surface area contributed by atoms with Gasteiger partial charge in [0.2, 0.25) is 0 Å². The molecule has 2 bridgehead atoms. The lowest BCUT2D eigenvalue weighted by atomic mass is 9.72. The zero-order valence-corrected chi connectivity index (χ0v) is 13.8. The Morgan fingerprint density at radius 2 is 2.05 bits per heavy atom. The number of hydrogen-bond donors (Lipinski definition) is 1. The van der Waals surface area contributed by atoms with Crippen LogP contribution in [0.4, 0.5) is 0 Å². The Morgan fingerprint density at radius 1 is 1.32 bits per heavy atom. The second-order valence-corrected chi connectivity index (χ2v) is 7.95. The van der Waals surface area contributed by atoms with Gasteiger partial charge in [-0.2, -0.15) is 0 Å². The lowest BCUT2D eigenvalue weighted by Gasteiger charge is -2.56. The van der Waals surface area contributed by atoms with Crippen LogP contribution in [0.25, 0.3) is 10.2 Å². The number of para-hydroxylation sites is 1. The quantitative estimate of drug-likeness (QED) is 0.927. The van der Waals surface area contributed by atoms with Crippen LogP contribution in [0.5, 0.6) is 0 Å². The smallest absolute Gasteiger partial charge is 0.280 e. The zero-order valence-electron chi connectivity index (χ0n) is 13.0. The first-order valence-corrected chi connectivity index (χ1v) is 8.79. The number of carbonyl (C=O) groups excluding carboxylic acids is 1. The molecule has 4 heterocycles. The molecule has 1 unspecified atom stereocenters. The molecule has 1 atom stereocenters. The molecule has 0 spiro atoms. The number of carbonyl (C=O) groups is 1. The number of nitrogens with zero attached hydrogens (tertiary/aromatic N) is 2. The summed E-state index contributed by atoms with van der Waals surface area (Å²) < 4.78 is 1.07. The van der Waals surface area contributed by atoms with Crippen LogP contribution in [-0.4, -0.2) is 40.5 Å². The third-order valence-corrected chi connectivity index (χ3v) is 6.40. The number of amides is 1. The first kappa shape index (κ1) is 14.2. The summed E-state index contributed by atoms with van der Waals surface area (Å²) in [5, 5.41) is 3.86. The fourth-order valence-corrected chi connectivity index (χ4v) is 4.92. The van der Waals surface area contributed by atoms with E-state index in [-0.39, 0.29) is 17.5 Å². The molecule has 1 aromatic heterocycles. The normalized spacial score (nSPS) is 29.6. The molecule has 22 heavy (non-hydrogen) atoms. The van der Waals surface area contributed by atoms with E-state index >= 15 is 0 Å². The molecule has 1 aromatic carbocycles. The van der Waals surface area contributed by atoms with E-state index in [1.807, 2.05) is 24.3 Å². The predicted octanol–water partition coefficient (Wildman–Crippen LogP) is 2.90. The van der Waals surface area contributed by atoms with Crippen LogP contribution in [-0.2, 0) is 0 Å². The largest absolute Gasteiger partial charge is 0.345 e. The summed E-state index contributed by atoms with van der Waals surface area (Å²) in [6, 6.07) is 8.14. The number of benzene rings is 1. The van der Waals surface area contributed by atoms with Crippen LogP contribution in [0.2, 0.25) is 0 Å². The number of thiazole rings is 1. The van der Waals surface area contributed by atoms with Gasteiger partial charge >= 0.3 is 0 Å². The molecule has 116 valence electrons. The van der Waals surface area contributed by atoms with Crippen molar-refractivity contribution in [3.8, 4) is 0 Å². The van der Waals surface area contributed by atoms with Gasteiger partial charge < -0.3 is 5.32 Å². The first-order valence-electron chi connectivity index (χ1n) is 7.97. The molecule has 4 nitrogen and oxygen atoms in total. The maximum absolute atomic E-state index is 12.7. The topological polar surface area (TPSA) is 45.2 Å². The van der Waals surface area contributed by atoms with Gasteiger partial charge in [-0.15, -0.1) is 11.3 Å². The maximum atomic E-state index is 12.7. The first-order chi connectivity index (χ1) is 10.6. The average molecular weight is 315 g/mol. The van der Waals surface area contributed by atoms with Crippen molar-refractivity contribution < 1.29 is 4.79 Å². The van der Waals surface area contributed by atoms with E-state index in [1.165, 1.54) is 24.2 Å². The molecule has 3 aliphatic heterocycles. The van der Waals surface area contributed by atoms with Gasteiger partial charge in [-0.3, -0.25) is 9.69 Å². The Labute approximate surface area is 134 Å². The monoisotopic (exact) mass is 315 g/mol. The van der Waals surface area contributed by atoms with E-state index in [1.54, 1.807) is 0 Å². The molecule has 0 saturated carbocycles. The lowest BCUT2D eigenvalue weighted by molar-refractivity contribution is -0.0378. The van der Waals surface area contributed by atoms with Gasteiger partial charge in [0.1, 0.15) is 0 Å². The van der Waals surface area contributed by atoms with Gasteiger partial charge in [0.05, 0.1) is 10.2 Å². The predicted molar refractivity (Wildman–Crippen MR) is 89.3 cm³/mol. The highest BCUT2D eigenvalue weighted by molar-refractivity contribution is 7.20. The molecule has 5 heteroatoms. The summed E-state index contributed by atoms with van der Waals surface area (Å²) in [5.74, 6) is 0.575. The Morgan fingerprint density at radius 3 is 2.73 bits per heavy atom. The number of hydrogen-bond acceptors (Lipinski definition) is 4. The standard InChI is InChI=1S/C17H21N3OS/c1-17(2)14(11-7-9-20(17)10-8-11)19-15(21)16-18-12-5-3-4-6-13(12)22-16/h3-6,11,14H,7-10H2,1-2H3,(H,19,21). The van der Waals surface area contributed by atoms with Gasteiger partial charge in [0.15, 0.2) is 5.01 Å². The molecule has 5 rings (SSSR count). The average Bonchev–Trinajstić information content (AvgIpc) is 2.95. The van der Waals surface area contributed by atoms with Gasteiger partial charge in [-0.1, -0.05) is 12.1 Å². The van der Waals surface area contributed by atoms with E-state index in [9.17, 15) is 4.79 Å². The number of aromatic nitrogens is 1. The molecule has 3 saturated heterocycles. The molecule has 1 amide bonds. The number of piperidine rings is 3. The number of rotatable bonds is 2. The molecule has 3 aliphatic rings. The minimum absolute atomic E-state index is 0.0203. The van der Waals surface area contributed by atoms with Gasteiger partial charge in [0.25, 0.3) is 5.91 Å². The van der Waals surface area contributed by atoms with E-state index in [0.29, 0.717) is 10.9 Å². The van der Waals surface area contributed by atoms with Crippen molar-refractivity contribution >= 4 is 27.5 Å². The lowest BCUT2D eigenvalue weighted by Crippen LogP contribution is -2.69. The van der Waals surface area contributed by atoms with Crippen molar-refractivity contribution in [2.24, 2.45) is 5.92 Å². The molecule has 0 radical (unpaired) electrons. The number of nitrogens with one attached hydrogen (secondary N) is 1. The van der Waals surface area contributed by atoms with E-state index in [4.69, 9.17) is 0 Å². The highest BCUT2D eigenvalue weighted by Gasteiger charge is 2.48. The van der Waals surface area contributed by atoms with Crippen molar-refractivity contribution in [3.05, 3.63) is 29.3 Å². The van der Waals surface area contributed by atoms with Gasteiger partial charge in [-0.05, 0) is 57.8 Å². The minimum Gasteiger partial charge on any atom is -0.345 e. The summed E-state index contributed by atoms with van der Waals surface area (Å²) in [6.45, 7) is 6.82. The summed E-state index contributed by atoms with van der Waals surface area (Å²) in [7, 11) is 0. The SMILES string of the molecule is CC1(C)C(NC(=O)c2nc3ccccc3s2)C2CCN1CC2. The van der Waals surface area contributed by atoms with Crippen LogP contribution in [0, 0.1) is 5.92 Å². The summed E-state index contributed by atoms with van der Waals surface area (Å²) in [4.78, 5) is 19.7. The van der Waals surface area contributed by atoms with Crippen LogP contribution in [0.3, 0.4) is 0 Å². The Hall–Kier alpha value is -1.46. The van der Waals surface area contributed by atoms with E-state index in [0.717, 1.165) is 23.3 Å². The van der Waals surface area contributed by atoms with Crippen LogP contribution < -0.4 is 5.32 Å². The third-order valence-electron chi connectivity index (χ3n) is 5.36. The summed E-state index contributed by atoms with van der Waals surface area (Å²) in [6.07, 6.45) is 2.38. The zero-order chi connectivity index (χ0) is 15.3. The van der Waals surface area contributed by atoms with Crippen molar-refractivity contribution in [2.75, 3.05) is 13.1 Å². The summed E-state index contributed by atoms with van der Waals surface area (Å²) >= 11 is 1.48. The molecule has 1 N–H and O–H groups in total. The fourth-order valence-electron chi connectivity index (χ4n) is 4.05. The van der Waals surface area contributed by atoms with E-state index < -0.39 is 0 Å². The van der Waals surface area contributed by atoms with Crippen molar-refractivity contribution in [3.63, 3.8) is 0 Å². The molecule has 3 fully saturated rings. The van der Waals surface area contributed by atoms with Gasteiger partial charge in [0, 0.05) is 11.6 Å². The van der Waals surface area contributed by atoms with Crippen molar-refractivity contribution in [1.82, 2.24) is 15.2 Å². The summed E-state index contributed by atoms with van der Waals surface area (Å²) in [5.41, 5.74) is 0.943. The number of fused-ring (bicyclic) bond motifs is 4. The second-order valence-electron chi connectivity index (χ2n) is 6.92. The van der Waals surface area contributed by atoms with Crippen LogP contribution in [0.15, 0.2) is 24.3 Å². The van der Waals surface area contributed by atoms with Crippen LogP contribution in [0.1, 0.15) is 36.5 Å². The van der Waals surface area contributed by atoms with Crippen molar-refractivity contribution in [2.45, 2.75) is 38.3 Å². The van der Waals surface area contributed by atoms with E-state index in [2.05, 4.69) is 29.0 Å². The van der Waals surface area contributed by atoms with Crippen molar-refractivity contribution in [1.29, 1.82) is 0 Å². The molecule has 0 aliphatic carbocycles. The minimum atomic E-state index is -0.0203. The highest BCUT2D eigenvalue weighted by Crippen LogP contribution is 2.39. The fraction of sp³-hybridized carbons (Fsp3) is 0.529. The Bertz CT molecular complexity index is 683. The molecular formula is C17H21N3OS. The molecular weight excluding hydrogens is 294 g/mol. The van der Waals surface area contributed by atoms with Crippen LogP contribution >= 0.6 is 11.3 Å². The Balaban J connectivity index is 1.58. The Kier molecular flexibility index (Phi) is 3.24. The van der Waals surface area contributed by atoms with Gasteiger partial charge in [-0.25, -0.2) is 4.98 Å². The second kappa shape index (κ2) is 5.03. The third kappa shape index (κ3) is 2.15.